The van der Waals surface area contributed by atoms with Crippen molar-refractivity contribution in [3.8, 4) is 5.75 Å². The number of nitrogens with one attached hydrogen (secondary N) is 1. The molecule has 0 aliphatic rings. The fourth-order valence-electron chi connectivity index (χ4n) is 3.31. The standard InChI is InChI=1S/C25H27ClN2O4S/c1-18-7-13-22(14-8-18)33(30,31)28(24-6-4-5-23(26)19(24)2)16-15-25(29)27-17-20-9-11-21(32-3)12-10-20/h4-14H,15-17H2,1-3H3,(H,27,29). The summed E-state index contributed by atoms with van der Waals surface area (Å²) in [5.74, 6) is 0.480. The molecule has 0 saturated carbocycles. The van der Waals surface area contributed by atoms with E-state index < -0.39 is 10.0 Å². The third kappa shape index (κ3) is 6.06. The van der Waals surface area contributed by atoms with Crippen molar-refractivity contribution in [2.24, 2.45) is 0 Å². The Morgan fingerprint density at radius 1 is 1.00 bits per heavy atom. The predicted molar refractivity (Wildman–Crippen MR) is 131 cm³/mol. The van der Waals surface area contributed by atoms with Crippen LogP contribution in [-0.4, -0.2) is 28.0 Å². The van der Waals surface area contributed by atoms with Gasteiger partial charge in [0, 0.05) is 24.5 Å². The summed E-state index contributed by atoms with van der Waals surface area (Å²) < 4.78 is 33.4. The number of anilines is 1. The monoisotopic (exact) mass is 486 g/mol. The second-order valence-corrected chi connectivity index (χ2v) is 9.92. The number of rotatable bonds is 9. The molecular formula is C25H27ClN2O4S. The number of methoxy groups -OCH3 is 1. The van der Waals surface area contributed by atoms with Crippen molar-refractivity contribution in [2.75, 3.05) is 18.0 Å². The van der Waals surface area contributed by atoms with Crippen molar-refractivity contribution in [2.45, 2.75) is 31.7 Å². The molecule has 0 aromatic heterocycles. The molecule has 0 fully saturated rings. The lowest BCUT2D eigenvalue weighted by molar-refractivity contribution is -0.121. The summed E-state index contributed by atoms with van der Waals surface area (Å²) in [5.41, 5.74) is 2.95. The van der Waals surface area contributed by atoms with Crippen molar-refractivity contribution in [3.05, 3.63) is 88.4 Å². The minimum Gasteiger partial charge on any atom is -0.497 e. The van der Waals surface area contributed by atoms with Gasteiger partial charge in [0.1, 0.15) is 5.75 Å². The fraction of sp³-hybridized carbons (Fsp3) is 0.240. The first-order valence-electron chi connectivity index (χ1n) is 10.5. The first kappa shape index (κ1) is 24.6. The number of amides is 1. The van der Waals surface area contributed by atoms with E-state index in [1.807, 2.05) is 31.2 Å². The lowest BCUT2D eigenvalue weighted by Gasteiger charge is -2.26. The van der Waals surface area contributed by atoms with Crippen LogP contribution < -0.4 is 14.4 Å². The average molecular weight is 487 g/mol. The van der Waals surface area contributed by atoms with Gasteiger partial charge in [-0.3, -0.25) is 9.10 Å². The zero-order chi connectivity index (χ0) is 24.0. The molecule has 33 heavy (non-hydrogen) atoms. The summed E-state index contributed by atoms with van der Waals surface area (Å²) in [5, 5.41) is 3.30. The molecule has 1 amide bonds. The molecule has 0 radical (unpaired) electrons. The fourth-order valence-corrected chi connectivity index (χ4v) is 5.00. The van der Waals surface area contributed by atoms with Gasteiger partial charge in [0.15, 0.2) is 0 Å². The molecule has 0 saturated heterocycles. The second-order valence-electron chi connectivity index (χ2n) is 7.65. The highest BCUT2D eigenvalue weighted by atomic mass is 35.5. The molecule has 174 valence electrons. The number of halogens is 1. The quantitative estimate of drug-likeness (QED) is 0.468. The van der Waals surface area contributed by atoms with Crippen LogP contribution in [0.25, 0.3) is 0 Å². The molecule has 0 unspecified atom stereocenters. The summed E-state index contributed by atoms with van der Waals surface area (Å²) in [4.78, 5) is 12.7. The highest BCUT2D eigenvalue weighted by Crippen LogP contribution is 2.31. The number of aryl methyl sites for hydroxylation is 1. The highest BCUT2D eigenvalue weighted by molar-refractivity contribution is 7.92. The van der Waals surface area contributed by atoms with E-state index >= 15 is 0 Å². The van der Waals surface area contributed by atoms with E-state index in [0.717, 1.165) is 16.9 Å². The van der Waals surface area contributed by atoms with Crippen LogP contribution >= 0.6 is 11.6 Å². The summed E-state index contributed by atoms with van der Waals surface area (Å²) in [6, 6.07) is 19.1. The summed E-state index contributed by atoms with van der Waals surface area (Å²) in [7, 11) is -2.31. The van der Waals surface area contributed by atoms with Crippen LogP contribution in [0.4, 0.5) is 5.69 Å². The van der Waals surface area contributed by atoms with Crippen molar-refractivity contribution in [1.29, 1.82) is 0 Å². The van der Waals surface area contributed by atoms with E-state index in [0.29, 0.717) is 22.8 Å². The van der Waals surface area contributed by atoms with E-state index in [9.17, 15) is 13.2 Å². The van der Waals surface area contributed by atoms with Gasteiger partial charge in [-0.15, -0.1) is 0 Å². The maximum absolute atomic E-state index is 13.5. The maximum atomic E-state index is 13.5. The van der Waals surface area contributed by atoms with Gasteiger partial charge in [-0.1, -0.05) is 47.5 Å². The molecule has 0 heterocycles. The zero-order valence-electron chi connectivity index (χ0n) is 18.8. The minimum absolute atomic E-state index is 0.00675. The summed E-state index contributed by atoms with van der Waals surface area (Å²) in [6.07, 6.45) is -0.00675. The molecule has 0 aliphatic heterocycles. The van der Waals surface area contributed by atoms with Crippen LogP contribution in [0.1, 0.15) is 23.1 Å². The van der Waals surface area contributed by atoms with Gasteiger partial charge in [0.05, 0.1) is 17.7 Å². The Balaban J connectivity index is 1.78. The number of ether oxygens (including phenoxy) is 1. The van der Waals surface area contributed by atoms with Crippen LogP contribution in [0, 0.1) is 13.8 Å². The Labute approximate surface area is 200 Å². The van der Waals surface area contributed by atoms with E-state index in [2.05, 4.69) is 5.32 Å². The van der Waals surface area contributed by atoms with E-state index in [-0.39, 0.29) is 23.8 Å². The number of carbonyl (C=O) groups is 1. The largest absolute Gasteiger partial charge is 0.497 e. The van der Waals surface area contributed by atoms with Gasteiger partial charge < -0.3 is 10.1 Å². The second kappa shape index (κ2) is 10.7. The van der Waals surface area contributed by atoms with E-state index in [1.165, 1.54) is 4.31 Å². The Morgan fingerprint density at radius 2 is 1.67 bits per heavy atom. The molecule has 0 bridgehead atoms. The molecule has 0 spiro atoms. The molecule has 6 nitrogen and oxygen atoms in total. The van der Waals surface area contributed by atoms with Gasteiger partial charge >= 0.3 is 0 Å². The number of benzene rings is 3. The first-order chi connectivity index (χ1) is 15.7. The van der Waals surface area contributed by atoms with Crippen molar-refractivity contribution in [3.63, 3.8) is 0 Å². The third-order valence-corrected chi connectivity index (χ3v) is 7.54. The zero-order valence-corrected chi connectivity index (χ0v) is 20.4. The Hall–Kier alpha value is -3.03. The summed E-state index contributed by atoms with van der Waals surface area (Å²) >= 11 is 6.27. The van der Waals surface area contributed by atoms with Crippen LogP contribution in [0.2, 0.25) is 5.02 Å². The highest BCUT2D eigenvalue weighted by Gasteiger charge is 2.27. The van der Waals surface area contributed by atoms with Crippen LogP contribution in [0.3, 0.4) is 0 Å². The molecule has 1 N–H and O–H groups in total. The summed E-state index contributed by atoms with van der Waals surface area (Å²) in [6.45, 7) is 3.97. The third-order valence-electron chi connectivity index (χ3n) is 5.31. The maximum Gasteiger partial charge on any atom is 0.264 e. The Bertz CT molecular complexity index is 1210. The smallest absolute Gasteiger partial charge is 0.264 e. The topological polar surface area (TPSA) is 75.7 Å². The Morgan fingerprint density at radius 3 is 2.30 bits per heavy atom. The van der Waals surface area contributed by atoms with E-state index in [4.69, 9.17) is 16.3 Å². The number of sulfonamides is 1. The lowest BCUT2D eigenvalue weighted by atomic mass is 10.2. The van der Waals surface area contributed by atoms with Crippen molar-refractivity contribution >= 4 is 33.2 Å². The average Bonchev–Trinajstić information content (AvgIpc) is 2.81. The number of hydrogen-bond donors (Lipinski definition) is 1. The molecular weight excluding hydrogens is 460 g/mol. The molecule has 3 rings (SSSR count). The first-order valence-corrected chi connectivity index (χ1v) is 12.3. The lowest BCUT2D eigenvalue weighted by Crippen LogP contribution is -2.35. The molecule has 3 aromatic carbocycles. The van der Waals surface area contributed by atoms with Gasteiger partial charge in [-0.2, -0.15) is 0 Å². The molecule has 3 aromatic rings. The minimum atomic E-state index is -3.90. The molecule has 0 atom stereocenters. The van der Waals surface area contributed by atoms with Crippen molar-refractivity contribution < 1.29 is 17.9 Å². The van der Waals surface area contributed by atoms with Crippen LogP contribution in [0.5, 0.6) is 5.75 Å². The van der Waals surface area contributed by atoms with Gasteiger partial charge in [0.2, 0.25) is 5.91 Å². The van der Waals surface area contributed by atoms with Crippen molar-refractivity contribution in [1.82, 2.24) is 5.32 Å². The van der Waals surface area contributed by atoms with Crippen LogP contribution in [-0.2, 0) is 21.4 Å². The van der Waals surface area contributed by atoms with E-state index in [1.54, 1.807) is 56.5 Å². The van der Waals surface area contributed by atoms with Gasteiger partial charge in [0.25, 0.3) is 10.0 Å². The molecule has 0 aliphatic carbocycles. The predicted octanol–water partition coefficient (Wildman–Crippen LogP) is 4.87. The van der Waals surface area contributed by atoms with Gasteiger partial charge in [-0.25, -0.2) is 8.42 Å². The van der Waals surface area contributed by atoms with Gasteiger partial charge in [-0.05, 0) is 61.4 Å². The number of nitrogens with zero attached hydrogens (tertiary/aromatic N) is 1. The van der Waals surface area contributed by atoms with Crippen LogP contribution in [0.15, 0.2) is 71.6 Å². The molecule has 8 heteroatoms. The number of carbonyl (C=O) groups excluding carboxylic acids is 1. The number of hydrogen-bond acceptors (Lipinski definition) is 4. The Kier molecular flexibility index (Phi) is 8.00. The normalized spacial score (nSPS) is 11.2. The SMILES string of the molecule is COc1ccc(CNC(=O)CCN(c2cccc(Cl)c2C)S(=O)(=O)c2ccc(C)cc2)cc1.